The fraction of sp³-hybridized carbons (Fsp3) is 0.462. The number of benzene rings is 1. The molecule has 0 spiro atoms. The predicted octanol–water partition coefficient (Wildman–Crippen LogP) is 3.64. The third kappa shape index (κ3) is 4.45. The molecule has 0 fully saturated rings. The van der Waals surface area contributed by atoms with Gasteiger partial charge in [0.15, 0.2) is 0 Å². The van der Waals surface area contributed by atoms with E-state index in [1.165, 1.54) is 17.8 Å². The van der Waals surface area contributed by atoms with Gasteiger partial charge in [0, 0.05) is 12.3 Å². The molecule has 0 unspecified atom stereocenters. The van der Waals surface area contributed by atoms with Gasteiger partial charge in [-0.25, -0.2) is 4.68 Å². The molecule has 1 aromatic carbocycles. The molecule has 114 valence electrons. The van der Waals surface area contributed by atoms with Crippen molar-refractivity contribution in [3.8, 4) is 0 Å². The Morgan fingerprint density at radius 1 is 1.29 bits per heavy atom. The van der Waals surface area contributed by atoms with Crippen molar-refractivity contribution in [3.05, 3.63) is 35.4 Å². The number of halogens is 3. The van der Waals surface area contributed by atoms with Crippen molar-refractivity contribution in [1.29, 1.82) is 0 Å². The molecule has 0 amide bonds. The van der Waals surface area contributed by atoms with Gasteiger partial charge in [-0.1, -0.05) is 43.8 Å². The van der Waals surface area contributed by atoms with Gasteiger partial charge in [0.25, 0.3) is 0 Å². The van der Waals surface area contributed by atoms with Gasteiger partial charge in [-0.05, 0) is 28.0 Å². The first-order valence-electron chi connectivity index (χ1n) is 6.41. The maximum absolute atomic E-state index is 12.6. The third-order valence-corrected chi connectivity index (χ3v) is 3.69. The first kappa shape index (κ1) is 15.8. The minimum absolute atomic E-state index is 0.390. The molecule has 21 heavy (non-hydrogen) atoms. The van der Waals surface area contributed by atoms with Crippen LogP contribution in [-0.2, 0) is 18.5 Å². The molecule has 2 aromatic rings. The van der Waals surface area contributed by atoms with E-state index in [9.17, 15) is 13.2 Å². The Kier molecular flexibility index (Phi) is 4.87. The quantitative estimate of drug-likeness (QED) is 0.790. The third-order valence-electron chi connectivity index (χ3n) is 2.66. The summed E-state index contributed by atoms with van der Waals surface area (Å²) in [6, 6.07) is 5.30. The average molecular weight is 316 g/mol. The van der Waals surface area contributed by atoms with E-state index in [1.54, 1.807) is 10.7 Å². The zero-order valence-electron chi connectivity index (χ0n) is 11.6. The summed E-state index contributed by atoms with van der Waals surface area (Å²) in [5, 5.41) is 12.0. The first-order chi connectivity index (χ1) is 9.86. The number of alkyl halides is 3. The van der Waals surface area contributed by atoms with Crippen molar-refractivity contribution in [2.75, 3.05) is 0 Å². The summed E-state index contributed by atoms with van der Waals surface area (Å²) in [6.45, 7) is 4.77. The van der Waals surface area contributed by atoms with Crippen LogP contribution in [0, 0.1) is 5.92 Å². The van der Waals surface area contributed by atoms with E-state index in [0.29, 0.717) is 28.9 Å². The van der Waals surface area contributed by atoms with E-state index < -0.39 is 11.7 Å². The standard InChI is InChI=1S/C13H15F3N4S/c1-9(2)7-20-12(17-18-19-20)21-8-10-4-3-5-11(6-10)13(14,15)16/h3-6,9H,7-8H2,1-2H3. The lowest BCUT2D eigenvalue weighted by Crippen LogP contribution is -2.08. The van der Waals surface area contributed by atoms with Gasteiger partial charge >= 0.3 is 6.18 Å². The Hall–Kier alpha value is -1.57. The minimum atomic E-state index is -4.32. The summed E-state index contributed by atoms with van der Waals surface area (Å²) in [7, 11) is 0. The fourth-order valence-electron chi connectivity index (χ4n) is 1.75. The smallest absolute Gasteiger partial charge is 0.220 e. The molecule has 2 rings (SSSR count). The van der Waals surface area contributed by atoms with Crippen LogP contribution in [-0.4, -0.2) is 20.2 Å². The number of nitrogens with zero attached hydrogens (tertiary/aromatic N) is 4. The predicted molar refractivity (Wildman–Crippen MR) is 73.7 cm³/mol. The summed E-state index contributed by atoms with van der Waals surface area (Å²) in [6.07, 6.45) is -4.32. The zero-order chi connectivity index (χ0) is 15.5. The monoisotopic (exact) mass is 316 g/mol. The lowest BCUT2D eigenvalue weighted by molar-refractivity contribution is -0.137. The van der Waals surface area contributed by atoms with E-state index in [2.05, 4.69) is 15.5 Å². The number of hydrogen-bond acceptors (Lipinski definition) is 4. The van der Waals surface area contributed by atoms with Crippen LogP contribution >= 0.6 is 11.8 Å². The maximum Gasteiger partial charge on any atom is 0.416 e. The van der Waals surface area contributed by atoms with Crippen molar-refractivity contribution in [3.63, 3.8) is 0 Å². The van der Waals surface area contributed by atoms with E-state index in [-0.39, 0.29) is 0 Å². The summed E-state index contributed by atoms with van der Waals surface area (Å²) >= 11 is 1.33. The highest BCUT2D eigenvalue weighted by Gasteiger charge is 2.30. The fourth-order valence-corrected chi connectivity index (χ4v) is 2.58. The highest BCUT2D eigenvalue weighted by molar-refractivity contribution is 7.98. The Balaban J connectivity index is 2.05. The summed E-state index contributed by atoms with van der Waals surface area (Å²) in [5.74, 6) is 0.781. The molecule has 0 saturated carbocycles. The topological polar surface area (TPSA) is 43.6 Å². The van der Waals surface area contributed by atoms with Crippen LogP contribution < -0.4 is 0 Å². The van der Waals surface area contributed by atoms with Crippen LogP contribution in [0.3, 0.4) is 0 Å². The number of thioether (sulfide) groups is 1. The number of rotatable bonds is 5. The van der Waals surface area contributed by atoms with Crippen LogP contribution in [0.15, 0.2) is 29.4 Å². The Labute approximate surface area is 124 Å². The summed E-state index contributed by atoms with van der Waals surface area (Å²) in [5.41, 5.74) is -0.0451. The second-order valence-corrected chi connectivity index (χ2v) is 5.97. The molecule has 0 radical (unpaired) electrons. The molecule has 0 aliphatic rings. The maximum atomic E-state index is 12.6. The number of aromatic nitrogens is 4. The van der Waals surface area contributed by atoms with Crippen molar-refractivity contribution in [2.45, 2.75) is 37.5 Å². The molecule has 0 bridgehead atoms. The number of hydrogen-bond donors (Lipinski definition) is 0. The van der Waals surface area contributed by atoms with Gasteiger partial charge < -0.3 is 0 Å². The van der Waals surface area contributed by atoms with Gasteiger partial charge in [0.2, 0.25) is 5.16 Å². The molecule has 0 N–H and O–H groups in total. The molecule has 8 heteroatoms. The second kappa shape index (κ2) is 6.46. The van der Waals surface area contributed by atoms with Crippen LogP contribution in [0.5, 0.6) is 0 Å². The minimum Gasteiger partial charge on any atom is -0.220 e. The van der Waals surface area contributed by atoms with Gasteiger partial charge in [-0.3, -0.25) is 0 Å². The SMILES string of the molecule is CC(C)Cn1nnnc1SCc1cccc(C(F)(F)F)c1. The van der Waals surface area contributed by atoms with Gasteiger partial charge in [0.1, 0.15) is 0 Å². The van der Waals surface area contributed by atoms with E-state index in [0.717, 1.165) is 12.1 Å². The summed E-state index contributed by atoms with van der Waals surface area (Å²) < 4.78 is 39.6. The first-order valence-corrected chi connectivity index (χ1v) is 7.40. The summed E-state index contributed by atoms with van der Waals surface area (Å²) in [4.78, 5) is 0. The largest absolute Gasteiger partial charge is 0.416 e. The van der Waals surface area contributed by atoms with Crippen LogP contribution in [0.2, 0.25) is 0 Å². The molecule has 4 nitrogen and oxygen atoms in total. The van der Waals surface area contributed by atoms with Crippen LogP contribution in [0.4, 0.5) is 13.2 Å². The Morgan fingerprint density at radius 3 is 2.71 bits per heavy atom. The van der Waals surface area contributed by atoms with E-state index in [1.807, 2.05) is 13.8 Å². The van der Waals surface area contributed by atoms with Crippen molar-refractivity contribution >= 4 is 11.8 Å². The van der Waals surface area contributed by atoms with Crippen molar-refractivity contribution < 1.29 is 13.2 Å². The molecule has 0 saturated heterocycles. The van der Waals surface area contributed by atoms with Gasteiger partial charge in [0.05, 0.1) is 5.56 Å². The molecule has 0 atom stereocenters. The molecule has 1 aromatic heterocycles. The van der Waals surface area contributed by atoms with Crippen molar-refractivity contribution in [1.82, 2.24) is 20.2 Å². The highest BCUT2D eigenvalue weighted by Crippen LogP contribution is 2.30. The molecule has 0 aliphatic carbocycles. The van der Waals surface area contributed by atoms with Gasteiger partial charge in [-0.2, -0.15) is 13.2 Å². The highest BCUT2D eigenvalue weighted by atomic mass is 32.2. The van der Waals surface area contributed by atoms with E-state index >= 15 is 0 Å². The van der Waals surface area contributed by atoms with Crippen LogP contribution in [0.1, 0.15) is 25.0 Å². The average Bonchev–Trinajstić information content (AvgIpc) is 2.82. The zero-order valence-corrected chi connectivity index (χ0v) is 12.4. The molecular formula is C13H15F3N4S. The number of tetrazole rings is 1. The van der Waals surface area contributed by atoms with E-state index in [4.69, 9.17) is 0 Å². The van der Waals surface area contributed by atoms with Crippen LogP contribution in [0.25, 0.3) is 0 Å². The van der Waals surface area contributed by atoms with Gasteiger partial charge in [-0.15, -0.1) is 5.10 Å². The van der Waals surface area contributed by atoms with Crippen molar-refractivity contribution in [2.24, 2.45) is 5.92 Å². The molecular weight excluding hydrogens is 301 g/mol. The molecule has 1 heterocycles. The Morgan fingerprint density at radius 2 is 2.05 bits per heavy atom. The normalized spacial score (nSPS) is 12.1. The lowest BCUT2D eigenvalue weighted by atomic mass is 10.1. The Bertz CT molecular complexity index is 595. The lowest BCUT2D eigenvalue weighted by Gasteiger charge is -2.09. The molecule has 0 aliphatic heterocycles. The second-order valence-electron chi connectivity index (χ2n) is 5.02.